The molecule has 2 aliphatic carbocycles. The van der Waals surface area contributed by atoms with Gasteiger partial charge in [-0.1, -0.05) is 0 Å². The smallest absolute Gasteiger partial charge is 1.00 e. The van der Waals surface area contributed by atoms with Gasteiger partial charge in [0.2, 0.25) is 0 Å². The first kappa shape index (κ1) is 20.7. The number of halogens is 2. The third-order valence-electron chi connectivity index (χ3n) is 4.93. The molecule has 0 bridgehead atoms. The maximum Gasteiger partial charge on any atom is -1.00 e. The van der Waals surface area contributed by atoms with Gasteiger partial charge in [-0.3, -0.25) is 0 Å². The standard InChI is InChI=1S/C13H9.C9H13.2ClH.Zr/c1-3-7-12-10(5-1)9-11-6-2-4-8-13(11)12;1-2-3-6-9-7-4-5-8-9;;;/h1-9H;7-8H,2-4,6H2,1H3;2*1H;/q;;;;+2/p-2. The van der Waals surface area contributed by atoms with Crippen molar-refractivity contribution in [3.63, 3.8) is 0 Å². The Labute approximate surface area is 175 Å². The number of hydrogen-bond donors (Lipinski definition) is 0. The molecule has 0 nitrogen and oxygen atoms in total. The summed E-state index contributed by atoms with van der Waals surface area (Å²) in [4.78, 5) is 0. The molecule has 0 atom stereocenters. The molecular weight excluding hydrogens is 426 g/mol. The predicted octanol–water partition coefficient (Wildman–Crippen LogP) is 0.251. The van der Waals surface area contributed by atoms with E-state index in [0.717, 1.165) is 0 Å². The van der Waals surface area contributed by atoms with Gasteiger partial charge in [0.05, 0.1) is 0 Å². The van der Waals surface area contributed by atoms with Crippen molar-refractivity contribution in [3.05, 3.63) is 80.7 Å². The van der Waals surface area contributed by atoms with Gasteiger partial charge in [-0.25, -0.2) is 0 Å². The number of fused-ring (bicyclic) bond motifs is 3. The second-order valence-electron chi connectivity index (χ2n) is 6.51. The quantitative estimate of drug-likeness (QED) is 0.616. The fraction of sp³-hybridized carbons (Fsp3) is 0.273. The monoisotopic (exact) mass is 446 g/mol. The molecule has 0 amide bonds. The average Bonchev–Trinajstić information content (AvgIpc) is 3.17. The predicted molar refractivity (Wildman–Crippen MR) is 94.0 cm³/mol. The minimum atomic E-state index is -0.628. The number of rotatable bonds is 5. The van der Waals surface area contributed by atoms with Gasteiger partial charge in [0, 0.05) is 0 Å². The molecule has 2 aromatic carbocycles. The molecule has 0 aromatic heterocycles. The average molecular weight is 449 g/mol. The first-order chi connectivity index (χ1) is 11.4. The van der Waals surface area contributed by atoms with Gasteiger partial charge in [-0.05, 0) is 0 Å². The van der Waals surface area contributed by atoms with Gasteiger partial charge in [0.1, 0.15) is 0 Å². The molecule has 0 unspecified atom stereocenters. The third kappa shape index (κ3) is 4.21. The van der Waals surface area contributed by atoms with E-state index in [1.807, 2.05) is 0 Å². The molecule has 2 aromatic rings. The van der Waals surface area contributed by atoms with Crippen molar-refractivity contribution in [2.45, 2.75) is 36.2 Å². The molecular formula is C22H22Cl2Zr. The van der Waals surface area contributed by atoms with Crippen molar-refractivity contribution >= 4 is 0 Å². The summed E-state index contributed by atoms with van der Waals surface area (Å²) in [5.41, 5.74) is 7.73. The topological polar surface area (TPSA) is 0 Å². The zero-order valence-corrected chi connectivity index (χ0v) is 18.4. The largest absolute Gasteiger partial charge is 1.00 e. The van der Waals surface area contributed by atoms with E-state index in [1.54, 1.807) is 20.0 Å². The van der Waals surface area contributed by atoms with Crippen LogP contribution in [0.15, 0.2) is 69.5 Å². The summed E-state index contributed by atoms with van der Waals surface area (Å²) in [6.07, 6.45) is 10.2. The van der Waals surface area contributed by atoms with E-state index in [1.165, 1.54) is 36.8 Å². The first-order valence-electron chi connectivity index (χ1n) is 8.71. The van der Waals surface area contributed by atoms with E-state index in [2.05, 4.69) is 67.6 Å². The van der Waals surface area contributed by atoms with Gasteiger partial charge in [0.15, 0.2) is 0 Å². The fourth-order valence-electron chi connectivity index (χ4n) is 3.73. The molecule has 2 aliphatic rings. The van der Waals surface area contributed by atoms with Crippen LogP contribution < -0.4 is 24.8 Å². The van der Waals surface area contributed by atoms with Crippen LogP contribution in [0.3, 0.4) is 0 Å². The summed E-state index contributed by atoms with van der Waals surface area (Å²) in [6, 6.07) is 18.1. The van der Waals surface area contributed by atoms with Crippen molar-refractivity contribution in [3.8, 4) is 11.1 Å². The zero-order chi connectivity index (χ0) is 15.6. The van der Waals surface area contributed by atoms with Gasteiger partial charge >= 0.3 is 151 Å². The zero-order valence-electron chi connectivity index (χ0n) is 14.4. The Morgan fingerprint density at radius 2 is 1.52 bits per heavy atom. The van der Waals surface area contributed by atoms with E-state index < -0.39 is 23.2 Å². The molecule has 0 spiro atoms. The Kier molecular flexibility index (Phi) is 7.74. The molecule has 0 aliphatic heterocycles. The van der Waals surface area contributed by atoms with E-state index in [9.17, 15) is 0 Å². The Morgan fingerprint density at radius 1 is 0.920 bits per heavy atom. The number of hydrogen-bond acceptors (Lipinski definition) is 0. The molecule has 0 fully saturated rings. The molecule has 0 heterocycles. The summed E-state index contributed by atoms with van der Waals surface area (Å²) in [5, 5.41) is 0. The third-order valence-corrected chi connectivity index (χ3v) is 8.93. The molecule has 0 radical (unpaired) electrons. The molecule has 0 saturated heterocycles. The maximum atomic E-state index is 2.55. The Balaban J connectivity index is 0.00000113. The van der Waals surface area contributed by atoms with Crippen LogP contribution >= 0.6 is 0 Å². The molecule has 128 valence electrons. The SMILES string of the molecule is CCCCC1=CC[C]([Zr+2][CH]2c3ccccc3-c3ccccc32)=C1.[Cl-].[Cl-]. The van der Waals surface area contributed by atoms with Gasteiger partial charge in [-0.2, -0.15) is 0 Å². The summed E-state index contributed by atoms with van der Waals surface area (Å²) >= 11 is -0.628. The van der Waals surface area contributed by atoms with Crippen molar-refractivity contribution in [2.24, 2.45) is 0 Å². The molecule has 3 heteroatoms. The number of benzene rings is 2. The Hall–Kier alpha value is -0.617. The number of allylic oxidation sites excluding steroid dienone is 4. The van der Waals surface area contributed by atoms with Crippen LogP contribution in [0.2, 0.25) is 0 Å². The van der Waals surface area contributed by atoms with Crippen molar-refractivity contribution in [2.75, 3.05) is 0 Å². The Bertz CT molecular complexity index is 747. The molecule has 0 saturated carbocycles. The van der Waals surface area contributed by atoms with E-state index >= 15 is 0 Å². The van der Waals surface area contributed by atoms with Crippen molar-refractivity contribution in [1.29, 1.82) is 0 Å². The van der Waals surface area contributed by atoms with Crippen LogP contribution in [0.5, 0.6) is 0 Å². The summed E-state index contributed by atoms with van der Waals surface area (Å²) in [6.45, 7) is 2.28. The minimum absolute atomic E-state index is 0. The van der Waals surface area contributed by atoms with Gasteiger partial charge in [-0.15, -0.1) is 0 Å². The van der Waals surface area contributed by atoms with E-state index in [4.69, 9.17) is 0 Å². The molecule has 4 rings (SSSR count). The van der Waals surface area contributed by atoms with E-state index in [-0.39, 0.29) is 24.8 Å². The van der Waals surface area contributed by atoms with Gasteiger partial charge in [0.25, 0.3) is 0 Å². The number of unbranched alkanes of at least 4 members (excludes halogenated alkanes) is 1. The summed E-state index contributed by atoms with van der Waals surface area (Å²) in [5.74, 6) is 0. The maximum absolute atomic E-state index is 2.55. The second-order valence-corrected chi connectivity index (χ2v) is 10.2. The van der Waals surface area contributed by atoms with E-state index in [0.29, 0.717) is 3.63 Å². The summed E-state index contributed by atoms with van der Waals surface area (Å²) < 4.78 is 2.48. The van der Waals surface area contributed by atoms with Crippen LogP contribution in [0, 0.1) is 0 Å². The van der Waals surface area contributed by atoms with Crippen LogP contribution in [0.25, 0.3) is 11.1 Å². The molecule has 25 heavy (non-hydrogen) atoms. The minimum Gasteiger partial charge on any atom is -1.00 e. The van der Waals surface area contributed by atoms with Crippen LogP contribution in [-0.2, 0) is 23.2 Å². The van der Waals surface area contributed by atoms with Gasteiger partial charge < -0.3 is 24.8 Å². The van der Waals surface area contributed by atoms with Crippen LogP contribution in [-0.4, -0.2) is 0 Å². The van der Waals surface area contributed by atoms with Crippen LogP contribution in [0.4, 0.5) is 0 Å². The second kappa shape index (κ2) is 9.36. The Morgan fingerprint density at radius 3 is 2.12 bits per heavy atom. The first-order valence-corrected chi connectivity index (χ1v) is 11.4. The summed E-state index contributed by atoms with van der Waals surface area (Å²) in [7, 11) is 0. The normalized spacial score (nSPS) is 14.4. The van der Waals surface area contributed by atoms with Crippen molar-refractivity contribution < 1.29 is 48.0 Å². The molecule has 0 N–H and O–H groups in total. The van der Waals surface area contributed by atoms with Crippen LogP contribution in [0.1, 0.15) is 47.4 Å². The fourth-order valence-corrected chi connectivity index (χ4v) is 7.85. The van der Waals surface area contributed by atoms with Crippen molar-refractivity contribution in [1.82, 2.24) is 0 Å².